The Morgan fingerprint density at radius 2 is 1.83 bits per heavy atom. The molecule has 0 aliphatic heterocycles. The summed E-state index contributed by atoms with van der Waals surface area (Å²) in [6.07, 6.45) is -3.99. The number of aliphatic hydroxyl groups is 1. The average molecular weight is 421 g/mol. The van der Waals surface area contributed by atoms with Crippen molar-refractivity contribution >= 4 is 28.1 Å². The van der Waals surface area contributed by atoms with Crippen LogP contribution in [-0.4, -0.2) is 22.6 Å². The Bertz CT molecular complexity index is 972. The summed E-state index contributed by atoms with van der Waals surface area (Å²) in [5.41, 5.74) is 1.16. The van der Waals surface area contributed by atoms with E-state index in [4.69, 9.17) is 5.11 Å². The molecule has 0 saturated carbocycles. The van der Waals surface area contributed by atoms with Gasteiger partial charge in [-0.2, -0.15) is 13.2 Å². The summed E-state index contributed by atoms with van der Waals surface area (Å²) in [5, 5.41) is 16.7. The Balaban J connectivity index is 1.61. The largest absolute Gasteiger partial charge is 0.416 e. The summed E-state index contributed by atoms with van der Waals surface area (Å²) in [6, 6.07) is 11.8. The lowest BCUT2D eigenvalue weighted by atomic mass is 10.1. The summed E-state index contributed by atoms with van der Waals surface area (Å²) in [6.45, 7) is -0.00694. The number of aliphatic hydroxyl groups excluding tert-OH is 1. The fourth-order valence-corrected chi connectivity index (χ4v) is 3.39. The van der Waals surface area contributed by atoms with E-state index >= 15 is 0 Å². The molecule has 2 aromatic carbocycles. The van der Waals surface area contributed by atoms with Crippen LogP contribution in [0.3, 0.4) is 0 Å². The second kappa shape index (κ2) is 9.06. The molecule has 3 N–H and O–H groups in total. The van der Waals surface area contributed by atoms with Gasteiger partial charge in [-0.25, -0.2) is 4.98 Å². The molecular weight excluding hydrogens is 403 g/mol. The van der Waals surface area contributed by atoms with E-state index < -0.39 is 11.7 Å². The van der Waals surface area contributed by atoms with E-state index in [0.29, 0.717) is 28.5 Å². The van der Waals surface area contributed by atoms with Gasteiger partial charge in [0, 0.05) is 36.2 Å². The number of anilines is 2. The van der Waals surface area contributed by atoms with Gasteiger partial charge in [0.05, 0.1) is 11.3 Å². The summed E-state index contributed by atoms with van der Waals surface area (Å²) in [4.78, 5) is 16.5. The second-order valence-corrected chi connectivity index (χ2v) is 7.02. The molecule has 1 amide bonds. The van der Waals surface area contributed by atoms with Gasteiger partial charge in [-0.15, -0.1) is 11.3 Å². The summed E-state index contributed by atoms with van der Waals surface area (Å²) < 4.78 is 39.2. The molecule has 1 heterocycles. The molecule has 0 aliphatic rings. The normalized spacial score (nSPS) is 11.3. The second-order valence-electron chi connectivity index (χ2n) is 6.16. The van der Waals surface area contributed by atoms with Crippen LogP contribution in [0.15, 0.2) is 53.9 Å². The molecule has 0 fully saturated rings. The summed E-state index contributed by atoms with van der Waals surface area (Å²) in [5.74, 6) is -0.344. The van der Waals surface area contributed by atoms with Gasteiger partial charge in [-0.05, 0) is 35.9 Å². The van der Waals surface area contributed by atoms with Crippen LogP contribution in [-0.2, 0) is 19.1 Å². The molecule has 5 nitrogen and oxygen atoms in total. The number of rotatable bonds is 7. The van der Waals surface area contributed by atoms with Crippen LogP contribution in [0.25, 0.3) is 0 Å². The molecule has 0 atom stereocenters. The molecule has 152 valence electrons. The molecule has 0 aliphatic carbocycles. The molecular formula is C20H18F3N3O2S. The highest BCUT2D eigenvalue weighted by molar-refractivity contribution is 7.14. The molecule has 1 aromatic heterocycles. The van der Waals surface area contributed by atoms with Crippen LogP contribution >= 0.6 is 11.3 Å². The first kappa shape index (κ1) is 20.8. The number of alkyl halides is 3. The fourth-order valence-electron chi connectivity index (χ4n) is 2.65. The van der Waals surface area contributed by atoms with E-state index in [1.807, 2.05) is 0 Å². The highest BCUT2D eigenvalue weighted by Gasteiger charge is 2.32. The molecule has 0 unspecified atom stereocenters. The molecule has 0 radical (unpaired) electrons. The monoisotopic (exact) mass is 421 g/mol. The number of nitrogens with zero attached hydrogens (tertiary/aromatic N) is 1. The number of hydrogen-bond donors (Lipinski definition) is 3. The van der Waals surface area contributed by atoms with Crippen LogP contribution in [0, 0.1) is 0 Å². The molecule has 9 heteroatoms. The Labute approximate surface area is 169 Å². The van der Waals surface area contributed by atoms with Crippen molar-refractivity contribution in [1.29, 1.82) is 0 Å². The summed E-state index contributed by atoms with van der Waals surface area (Å²) >= 11 is 1.27. The highest BCUT2D eigenvalue weighted by atomic mass is 32.1. The minimum atomic E-state index is -4.41. The quantitative estimate of drug-likeness (QED) is 0.523. The van der Waals surface area contributed by atoms with Crippen molar-refractivity contribution in [3.05, 3.63) is 76.3 Å². The number of carbonyl (C=O) groups excluding carboxylic acids is 1. The molecule has 29 heavy (non-hydrogen) atoms. The number of nitrogens with one attached hydrogen (secondary N) is 2. The zero-order chi connectivity index (χ0) is 20.9. The minimum Gasteiger partial charge on any atom is -0.396 e. The van der Waals surface area contributed by atoms with E-state index in [9.17, 15) is 18.0 Å². The number of amides is 1. The number of halogens is 3. The smallest absolute Gasteiger partial charge is 0.396 e. The van der Waals surface area contributed by atoms with Crippen molar-refractivity contribution < 1.29 is 23.1 Å². The van der Waals surface area contributed by atoms with Crippen LogP contribution in [0.5, 0.6) is 0 Å². The predicted molar refractivity (Wildman–Crippen MR) is 106 cm³/mol. The minimum absolute atomic E-state index is 0.00791. The summed E-state index contributed by atoms with van der Waals surface area (Å²) in [7, 11) is 0. The Kier molecular flexibility index (Phi) is 6.50. The van der Waals surface area contributed by atoms with Gasteiger partial charge in [-0.3, -0.25) is 10.1 Å². The zero-order valence-corrected chi connectivity index (χ0v) is 16.0. The fraction of sp³-hybridized carbons (Fsp3) is 0.200. The maximum absolute atomic E-state index is 13.1. The molecule has 3 rings (SSSR count). The van der Waals surface area contributed by atoms with Gasteiger partial charge in [-0.1, -0.05) is 18.2 Å². The van der Waals surface area contributed by atoms with Gasteiger partial charge >= 0.3 is 6.18 Å². The van der Waals surface area contributed by atoms with Gasteiger partial charge in [0.15, 0.2) is 5.13 Å². The molecule has 0 bridgehead atoms. The standard InChI is InChI=1S/C20H18F3N3O2S/c21-20(22,23)17-4-2-1-3-14(17)11-24-15-7-5-13(6-8-15)18(28)26-19-25-16(9-10-27)12-29-19/h1-8,12,24,27H,9-11H2,(H,25,26,28). The lowest BCUT2D eigenvalue weighted by molar-refractivity contribution is -0.138. The van der Waals surface area contributed by atoms with Crippen molar-refractivity contribution in [1.82, 2.24) is 4.98 Å². The number of aromatic nitrogens is 1. The van der Waals surface area contributed by atoms with Crippen LogP contribution in [0.4, 0.5) is 24.0 Å². The van der Waals surface area contributed by atoms with Crippen LogP contribution in [0.2, 0.25) is 0 Å². The van der Waals surface area contributed by atoms with Gasteiger partial charge in [0.25, 0.3) is 5.91 Å². The van der Waals surface area contributed by atoms with Crippen LogP contribution < -0.4 is 10.6 Å². The predicted octanol–water partition coefficient (Wildman–Crippen LogP) is 4.56. The number of carbonyl (C=O) groups is 1. The topological polar surface area (TPSA) is 74.2 Å². The van der Waals surface area contributed by atoms with Gasteiger partial charge in [0.2, 0.25) is 0 Å². The molecule has 0 saturated heterocycles. The SMILES string of the molecule is O=C(Nc1nc(CCO)cs1)c1ccc(NCc2ccccc2C(F)(F)F)cc1. The van der Waals surface area contributed by atoms with E-state index in [1.54, 1.807) is 35.7 Å². The van der Waals surface area contributed by atoms with E-state index in [-0.39, 0.29) is 24.6 Å². The molecule has 3 aromatic rings. The lowest BCUT2D eigenvalue weighted by Gasteiger charge is -2.14. The third-order valence-corrected chi connectivity index (χ3v) is 4.90. The van der Waals surface area contributed by atoms with E-state index in [0.717, 1.165) is 6.07 Å². The number of benzene rings is 2. The number of thiazole rings is 1. The highest BCUT2D eigenvalue weighted by Crippen LogP contribution is 2.32. The maximum atomic E-state index is 13.1. The maximum Gasteiger partial charge on any atom is 0.416 e. The van der Waals surface area contributed by atoms with Crippen LogP contribution in [0.1, 0.15) is 27.2 Å². The first-order valence-electron chi connectivity index (χ1n) is 8.72. The molecule has 0 spiro atoms. The third kappa shape index (κ3) is 5.55. The Morgan fingerprint density at radius 1 is 1.10 bits per heavy atom. The van der Waals surface area contributed by atoms with Crippen molar-refractivity contribution in [2.24, 2.45) is 0 Å². The van der Waals surface area contributed by atoms with Crippen molar-refractivity contribution in [3.8, 4) is 0 Å². The van der Waals surface area contributed by atoms with E-state index in [2.05, 4.69) is 15.6 Å². The van der Waals surface area contributed by atoms with Crippen molar-refractivity contribution in [2.45, 2.75) is 19.1 Å². The third-order valence-electron chi connectivity index (χ3n) is 4.09. The Hall–Kier alpha value is -2.91. The number of hydrogen-bond acceptors (Lipinski definition) is 5. The van der Waals surface area contributed by atoms with E-state index in [1.165, 1.54) is 23.5 Å². The lowest BCUT2D eigenvalue weighted by Crippen LogP contribution is -2.13. The van der Waals surface area contributed by atoms with Gasteiger partial charge < -0.3 is 10.4 Å². The first-order chi connectivity index (χ1) is 13.9. The first-order valence-corrected chi connectivity index (χ1v) is 9.60. The average Bonchev–Trinajstić information content (AvgIpc) is 3.13. The Morgan fingerprint density at radius 3 is 2.52 bits per heavy atom. The van der Waals surface area contributed by atoms with Crippen molar-refractivity contribution in [3.63, 3.8) is 0 Å². The van der Waals surface area contributed by atoms with Gasteiger partial charge in [0.1, 0.15) is 0 Å². The van der Waals surface area contributed by atoms with Crippen molar-refractivity contribution in [2.75, 3.05) is 17.2 Å². The zero-order valence-electron chi connectivity index (χ0n) is 15.2.